The Balaban J connectivity index is 1.55. The molecule has 1 aromatic heterocycles. The number of hydrogen-bond donors (Lipinski definition) is 3. The lowest BCUT2D eigenvalue weighted by atomic mass is 10.1. The number of imide groups is 1. The zero-order valence-electron chi connectivity index (χ0n) is 13.6. The van der Waals surface area contributed by atoms with Crippen molar-refractivity contribution in [3.05, 3.63) is 46.6 Å². The third-order valence-corrected chi connectivity index (χ3v) is 4.64. The van der Waals surface area contributed by atoms with Crippen LogP contribution in [-0.2, 0) is 17.8 Å². The summed E-state index contributed by atoms with van der Waals surface area (Å²) >= 11 is 0. The zero-order valence-corrected chi connectivity index (χ0v) is 13.6. The quantitative estimate of drug-likeness (QED) is 0.713. The second kappa shape index (κ2) is 5.82. The van der Waals surface area contributed by atoms with Crippen molar-refractivity contribution < 1.29 is 14.4 Å². The largest absolute Gasteiger partial charge is 0.311 e. The van der Waals surface area contributed by atoms with Gasteiger partial charge in [-0.2, -0.15) is 5.10 Å². The Morgan fingerprint density at radius 1 is 1.24 bits per heavy atom. The van der Waals surface area contributed by atoms with Gasteiger partial charge in [-0.3, -0.25) is 24.4 Å². The molecule has 0 fully saturated rings. The van der Waals surface area contributed by atoms with E-state index in [0.29, 0.717) is 23.5 Å². The zero-order chi connectivity index (χ0) is 17.6. The average molecular weight is 339 g/mol. The van der Waals surface area contributed by atoms with Crippen molar-refractivity contribution in [2.45, 2.75) is 25.9 Å². The molecule has 3 N–H and O–H groups in total. The molecular formula is C17H17N5O3. The van der Waals surface area contributed by atoms with Gasteiger partial charge >= 0.3 is 0 Å². The van der Waals surface area contributed by atoms with E-state index in [-0.39, 0.29) is 0 Å². The van der Waals surface area contributed by atoms with E-state index >= 15 is 0 Å². The highest BCUT2D eigenvalue weighted by atomic mass is 16.2. The van der Waals surface area contributed by atoms with Crippen LogP contribution in [0, 0.1) is 0 Å². The molecule has 8 heteroatoms. The fourth-order valence-corrected chi connectivity index (χ4v) is 3.24. The van der Waals surface area contributed by atoms with Crippen LogP contribution >= 0.6 is 0 Å². The van der Waals surface area contributed by atoms with E-state index in [1.54, 1.807) is 24.3 Å². The second-order valence-corrected chi connectivity index (χ2v) is 6.15. The number of carbonyl (C=O) groups excluding carboxylic acids is 3. The van der Waals surface area contributed by atoms with Crippen LogP contribution in [0.15, 0.2) is 24.3 Å². The fourth-order valence-electron chi connectivity index (χ4n) is 3.24. The summed E-state index contributed by atoms with van der Waals surface area (Å²) < 4.78 is 0. The molecule has 0 saturated carbocycles. The number of aromatic amines is 1. The molecule has 1 atom stereocenters. The van der Waals surface area contributed by atoms with Gasteiger partial charge in [0, 0.05) is 12.1 Å². The number of amides is 3. The van der Waals surface area contributed by atoms with Crippen molar-refractivity contribution in [3.8, 4) is 0 Å². The number of fused-ring (bicyclic) bond motifs is 2. The number of nitrogens with one attached hydrogen (secondary N) is 3. The first-order valence-corrected chi connectivity index (χ1v) is 8.12. The summed E-state index contributed by atoms with van der Waals surface area (Å²) in [5.74, 6) is -0.875. The Labute approximate surface area is 143 Å². The predicted molar refractivity (Wildman–Crippen MR) is 89.0 cm³/mol. The van der Waals surface area contributed by atoms with Gasteiger partial charge in [0.25, 0.3) is 11.8 Å². The average Bonchev–Trinajstić information content (AvgIpc) is 3.15. The van der Waals surface area contributed by atoms with Crippen LogP contribution < -0.4 is 10.6 Å². The lowest BCUT2D eigenvalue weighted by molar-refractivity contribution is -0.119. The predicted octanol–water partition coefficient (Wildman–Crippen LogP) is 0.679. The van der Waals surface area contributed by atoms with Crippen molar-refractivity contribution in [3.63, 3.8) is 0 Å². The minimum Gasteiger partial charge on any atom is -0.311 e. The standard InChI is InChI=1S/C17H17N5O3/c1-9(22-16(24)10-4-2-3-5-11(10)17(22)25)15(23)19-14-12-6-7-18-8-13(12)20-21-14/h2-5,9,18H,6-8H2,1H3,(H2,19,20,21,23). The van der Waals surface area contributed by atoms with Crippen LogP contribution in [0.5, 0.6) is 0 Å². The molecule has 0 saturated heterocycles. The van der Waals surface area contributed by atoms with Crippen molar-refractivity contribution in [2.24, 2.45) is 0 Å². The Bertz CT molecular complexity index is 853. The van der Waals surface area contributed by atoms with Gasteiger partial charge in [0.05, 0.1) is 16.8 Å². The normalized spacial score (nSPS) is 17.2. The number of nitrogens with zero attached hydrogens (tertiary/aromatic N) is 2. The molecule has 2 aliphatic rings. The molecule has 25 heavy (non-hydrogen) atoms. The molecule has 0 bridgehead atoms. The van der Waals surface area contributed by atoms with Crippen molar-refractivity contribution in [1.29, 1.82) is 0 Å². The molecule has 128 valence electrons. The first-order valence-electron chi connectivity index (χ1n) is 8.12. The first kappa shape index (κ1) is 15.5. The highest BCUT2D eigenvalue weighted by molar-refractivity contribution is 6.23. The number of carbonyl (C=O) groups is 3. The second-order valence-electron chi connectivity index (χ2n) is 6.15. The molecule has 1 aromatic carbocycles. The van der Waals surface area contributed by atoms with E-state index in [0.717, 1.165) is 29.1 Å². The summed E-state index contributed by atoms with van der Waals surface area (Å²) in [7, 11) is 0. The SMILES string of the molecule is CC(C(=O)Nc1n[nH]c2c1CCNC2)N1C(=O)c2ccccc2C1=O. The number of hydrogen-bond acceptors (Lipinski definition) is 5. The van der Waals surface area contributed by atoms with Crippen LogP contribution in [0.2, 0.25) is 0 Å². The smallest absolute Gasteiger partial charge is 0.262 e. The molecule has 2 aliphatic heterocycles. The third-order valence-electron chi connectivity index (χ3n) is 4.64. The molecule has 0 aliphatic carbocycles. The van der Waals surface area contributed by atoms with Gasteiger partial charge in [-0.1, -0.05) is 12.1 Å². The lowest BCUT2D eigenvalue weighted by Gasteiger charge is -2.21. The molecule has 8 nitrogen and oxygen atoms in total. The highest BCUT2D eigenvalue weighted by Crippen LogP contribution is 2.25. The Morgan fingerprint density at radius 2 is 1.92 bits per heavy atom. The molecule has 0 spiro atoms. The molecule has 1 unspecified atom stereocenters. The van der Waals surface area contributed by atoms with Gasteiger partial charge in [-0.15, -0.1) is 0 Å². The molecule has 0 radical (unpaired) electrons. The van der Waals surface area contributed by atoms with E-state index in [4.69, 9.17) is 0 Å². The van der Waals surface area contributed by atoms with Crippen LogP contribution in [-0.4, -0.2) is 45.4 Å². The highest BCUT2D eigenvalue weighted by Gasteiger charge is 2.40. The summed E-state index contributed by atoms with van der Waals surface area (Å²) in [4.78, 5) is 38.6. The maximum Gasteiger partial charge on any atom is 0.262 e. The monoisotopic (exact) mass is 339 g/mol. The van der Waals surface area contributed by atoms with E-state index < -0.39 is 23.8 Å². The molecular weight excluding hydrogens is 322 g/mol. The summed E-state index contributed by atoms with van der Waals surface area (Å²) in [5.41, 5.74) is 2.56. The van der Waals surface area contributed by atoms with Gasteiger partial charge in [0.2, 0.25) is 5.91 Å². The van der Waals surface area contributed by atoms with Crippen LogP contribution in [0.25, 0.3) is 0 Å². The van der Waals surface area contributed by atoms with Gasteiger partial charge in [-0.25, -0.2) is 0 Å². The van der Waals surface area contributed by atoms with E-state index in [1.165, 1.54) is 6.92 Å². The summed E-state index contributed by atoms with van der Waals surface area (Å²) in [5, 5.41) is 13.0. The number of rotatable bonds is 3. The number of anilines is 1. The fraction of sp³-hybridized carbons (Fsp3) is 0.294. The van der Waals surface area contributed by atoms with Crippen LogP contribution in [0.4, 0.5) is 5.82 Å². The lowest BCUT2D eigenvalue weighted by Crippen LogP contribution is -2.45. The van der Waals surface area contributed by atoms with Crippen molar-refractivity contribution in [1.82, 2.24) is 20.4 Å². The van der Waals surface area contributed by atoms with E-state index in [2.05, 4.69) is 20.8 Å². The van der Waals surface area contributed by atoms with Gasteiger partial charge < -0.3 is 10.6 Å². The van der Waals surface area contributed by atoms with Crippen molar-refractivity contribution >= 4 is 23.5 Å². The van der Waals surface area contributed by atoms with Gasteiger partial charge in [0.15, 0.2) is 5.82 Å². The first-order chi connectivity index (χ1) is 12.1. The Kier molecular flexibility index (Phi) is 3.61. The Hall–Kier alpha value is -3.00. The molecule has 4 rings (SSSR count). The van der Waals surface area contributed by atoms with Crippen molar-refractivity contribution in [2.75, 3.05) is 11.9 Å². The maximum atomic E-state index is 12.6. The van der Waals surface area contributed by atoms with Crippen LogP contribution in [0.3, 0.4) is 0 Å². The van der Waals surface area contributed by atoms with Crippen LogP contribution in [0.1, 0.15) is 38.9 Å². The minimum atomic E-state index is -0.929. The van der Waals surface area contributed by atoms with Gasteiger partial charge in [-0.05, 0) is 32.0 Å². The maximum absolute atomic E-state index is 12.6. The van der Waals surface area contributed by atoms with E-state index in [1.807, 2.05) is 0 Å². The van der Waals surface area contributed by atoms with E-state index in [9.17, 15) is 14.4 Å². The molecule has 3 amide bonds. The topological polar surface area (TPSA) is 107 Å². The molecule has 3 heterocycles. The summed E-state index contributed by atoms with van der Waals surface area (Å²) in [6, 6.07) is 5.65. The minimum absolute atomic E-state index is 0.329. The summed E-state index contributed by atoms with van der Waals surface area (Å²) in [6.07, 6.45) is 0.753. The molecule has 2 aromatic rings. The third kappa shape index (κ3) is 2.42. The number of aromatic nitrogens is 2. The number of H-pyrrole nitrogens is 1. The number of benzene rings is 1. The van der Waals surface area contributed by atoms with Gasteiger partial charge in [0.1, 0.15) is 6.04 Å². The Morgan fingerprint density at radius 3 is 2.60 bits per heavy atom. The summed E-state index contributed by atoms with van der Waals surface area (Å²) in [6.45, 7) is 3.02.